The molecule has 0 aliphatic rings. The highest BCUT2D eigenvalue weighted by molar-refractivity contribution is 5.97. The van der Waals surface area contributed by atoms with E-state index in [0.29, 0.717) is 6.54 Å². The molecule has 112 valence electrons. The van der Waals surface area contributed by atoms with Gasteiger partial charge in [-0.1, -0.05) is 36.4 Å². The molecule has 0 saturated carbocycles. The number of nitrogens with two attached hydrogens (primary N) is 1. The molecule has 3 heteroatoms. The number of hydrogen-bond acceptors (Lipinski definition) is 3. The molecule has 0 aliphatic carbocycles. The lowest BCUT2D eigenvalue weighted by Crippen LogP contribution is -2.08. The molecule has 0 radical (unpaired) electrons. The number of phenolic OH excluding ortho intramolecular Hbond substituents is 1. The van der Waals surface area contributed by atoms with Crippen LogP contribution in [0.2, 0.25) is 0 Å². The highest BCUT2D eigenvalue weighted by Gasteiger charge is 2.05. The molecule has 4 N–H and O–H groups in total. The summed E-state index contributed by atoms with van der Waals surface area (Å²) in [4.78, 5) is 0. The zero-order valence-electron chi connectivity index (χ0n) is 12.4. The van der Waals surface area contributed by atoms with Crippen LogP contribution in [0.4, 0.5) is 5.69 Å². The molecule has 0 spiro atoms. The van der Waals surface area contributed by atoms with E-state index in [-0.39, 0.29) is 5.75 Å². The van der Waals surface area contributed by atoms with E-state index in [0.717, 1.165) is 40.6 Å². The first-order valence-electron chi connectivity index (χ1n) is 7.54. The van der Waals surface area contributed by atoms with Gasteiger partial charge in [-0.3, -0.25) is 0 Å². The quantitative estimate of drug-likeness (QED) is 0.624. The van der Waals surface area contributed by atoms with Crippen LogP contribution in [-0.4, -0.2) is 18.2 Å². The van der Waals surface area contributed by atoms with E-state index in [4.69, 9.17) is 5.73 Å². The van der Waals surface area contributed by atoms with E-state index in [9.17, 15) is 5.11 Å². The minimum atomic E-state index is 0.289. The molecule has 0 atom stereocenters. The zero-order valence-corrected chi connectivity index (χ0v) is 12.4. The van der Waals surface area contributed by atoms with Crippen LogP contribution >= 0.6 is 0 Å². The fraction of sp³-hybridized carbons (Fsp3) is 0.158. The third-order valence-electron chi connectivity index (χ3n) is 3.75. The molecular weight excluding hydrogens is 272 g/mol. The highest BCUT2D eigenvalue weighted by Crippen LogP contribution is 2.32. The molecule has 0 fully saturated rings. The maximum absolute atomic E-state index is 9.78. The van der Waals surface area contributed by atoms with Gasteiger partial charge in [-0.15, -0.1) is 0 Å². The van der Waals surface area contributed by atoms with Crippen molar-refractivity contribution in [2.75, 3.05) is 18.4 Å². The van der Waals surface area contributed by atoms with Crippen molar-refractivity contribution in [3.8, 4) is 16.9 Å². The van der Waals surface area contributed by atoms with Crippen molar-refractivity contribution in [3.63, 3.8) is 0 Å². The molecular formula is C19H20N2O. The second kappa shape index (κ2) is 6.50. The Morgan fingerprint density at radius 3 is 2.68 bits per heavy atom. The van der Waals surface area contributed by atoms with Crippen molar-refractivity contribution in [2.24, 2.45) is 5.73 Å². The minimum absolute atomic E-state index is 0.289. The van der Waals surface area contributed by atoms with Gasteiger partial charge in [0.25, 0.3) is 0 Å². The first kappa shape index (κ1) is 14.4. The lowest BCUT2D eigenvalue weighted by molar-refractivity contribution is 0.476. The van der Waals surface area contributed by atoms with Crippen molar-refractivity contribution >= 4 is 16.5 Å². The number of aromatic hydroxyl groups is 1. The molecule has 0 saturated heterocycles. The van der Waals surface area contributed by atoms with Crippen molar-refractivity contribution in [2.45, 2.75) is 6.42 Å². The smallest absolute Gasteiger partial charge is 0.116 e. The van der Waals surface area contributed by atoms with Crippen LogP contribution < -0.4 is 11.1 Å². The van der Waals surface area contributed by atoms with Gasteiger partial charge in [-0.25, -0.2) is 0 Å². The average Bonchev–Trinajstić information content (AvgIpc) is 2.55. The van der Waals surface area contributed by atoms with Gasteiger partial charge in [-0.2, -0.15) is 0 Å². The molecule has 0 aliphatic heterocycles. The molecule has 0 bridgehead atoms. The molecule has 3 nitrogen and oxygen atoms in total. The molecule has 0 heterocycles. The normalized spacial score (nSPS) is 10.8. The lowest BCUT2D eigenvalue weighted by Gasteiger charge is -2.10. The standard InChI is InChI=1S/C19H20N2O/c20-10-3-11-21-16-6-1-5-15(12-16)18-7-2-4-14-8-9-17(22)13-19(14)18/h1-2,4-9,12-13,21-22H,3,10-11,20H2. The predicted molar refractivity (Wildman–Crippen MR) is 93.2 cm³/mol. The summed E-state index contributed by atoms with van der Waals surface area (Å²) in [5, 5.41) is 15.3. The maximum atomic E-state index is 9.78. The molecule has 0 unspecified atom stereocenters. The van der Waals surface area contributed by atoms with E-state index < -0.39 is 0 Å². The number of anilines is 1. The topological polar surface area (TPSA) is 58.3 Å². The highest BCUT2D eigenvalue weighted by atomic mass is 16.3. The van der Waals surface area contributed by atoms with Crippen LogP contribution in [0.1, 0.15) is 6.42 Å². The summed E-state index contributed by atoms with van der Waals surface area (Å²) in [5.41, 5.74) is 8.87. The Morgan fingerprint density at radius 2 is 1.82 bits per heavy atom. The van der Waals surface area contributed by atoms with Crippen LogP contribution in [0, 0.1) is 0 Å². The van der Waals surface area contributed by atoms with Crippen molar-refractivity contribution in [3.05, 3.63) is 60.7 Å². The molecule has 3 aromatic carbocycles. The number of benzene rings is 3. The summed E-state index contributed by atoms with van der Waals surface area (Å²) in [6.45, 7) is 1.56. The summed E-state index contributed by atoms with van der Waals surface area (Å²) in [7, 11) is 0. The van der Waals surface area contributed by atoms with E-state index in [1.54, 1.807) is 6.07 Å². The summed E-state index contributed by atoms with van der Waals surface area (Å²) in [6.07, 6.45) is 0.951. The van der Waals surface area contributed by atoms with Crippen molar-refractivity contribution in [1.29, 1.82) is 0 Å². The van der Waals surface area contributed by atoms with Gasteiger partial charge >= 0.3 is 0 Å². The van der Waals surface area contributed by atoms with E-state index in [1.165, 1.54) is 0 Å². The van der Waals surface area contributed by atoms with Gasteiger partial charge in [0.05, 0.1) is 0 Å². The van der Waals surface area contributed by atoms with Crippen LogP contribution in [-0.2, 0) is 0 Å². The zero-order chi connectivity index (χ0) is 15.4. The number of fused-ring (bicyclic) bond motifs is 1. The van der Waals surface area contributed by atoms with Crippen LogP contribution in [0.25, 0.3) is 21.9 Å². The average molecular weight is 292 g/mol. The summed E-state index contributed by atoms with van der Waals surface area (Å²) >= 11 is 0. The van der Waals surface area contributed by atoms with Crippen LogP contribution in [0.5, 0.6) is 5.75 Å². The number of rotatable bonds is 5. The molecule has 0 amide bonds. The molecule has 22 heavy (non-hydrogen) atoms. The van der Waals surface area contributed by atoms with Gasteiger partial charge in [0.15, 0.2) is 0 Å². The number of phenols is 1. The van der Waals surface area contributed by atoms with Crippen molar-refractivity contribution < 1.29 is 5.11 Å². The van der Waals surface area contributed by atoms with Crippen LogP contribution in [0.15, 0.2) is 60.7 Å². The summed E-state index contributed by atoms with van der Waals surface area (Å²) in [5.74, 6) is 0.289. The molecule has 0 aromatic heterocycles. The van der Waals surface area contributed by atoms with Gasteiger partial charge in [0, 0.05) is 12.2 Å². The first-order chi connectivity index (χ1) is 10.8. The Balaban J connectivity index is 2.00. The fourth-order valence-corrected chi connectivity index (χ4v) is 2.64. The van der Waals surface area contributed by atoms with Gasteiger partial charge in [0.2, 0.25) is 0 Å². The maximum Gasteiger partial charge on any atom is 0.116 e. The Labute approximate surface area is 130 Å². The monoisotopic (exact) mass is 292 g/mol. The summed E-state index contributed by atoms with van der Waals surface area (Å²) in [6, 6.07) is 20.0. The minimum Gasteiger partial charge on any atom is -0.508 e. The Bertz CT molecular complexity index is 783. The third-order valence-corrected chi connectivity index (χ3v) is 3.75. The summed E-state index contributed by atoms with van der Waals surface area (Å²) < 4.78 is 0. The van der Waals surface area contributed by atoms with Crippen molar-refractivity contribution in [1.82, 2.24) is 0 Å². The Morgan fingerprint density at radius 1 is 0.955 bits per heavy atom. The molecule has 3 aromatic rings. The lowest BCUT2D eigenvalue weighted by atomic mass is 9.98. The van der Waals surface area contributed by atoms with Gasteiger partial charge < -0.3 is 16.2 Å². The first-order valence-corrected chi connectivity index (χ1v) is 7.54. The van der Waals surface area contributed by atoms with Gasteiger partial charge in [-0.05, 0) is 59.1 Å². The fourth-order valence-electron chi connectivity index (χ4n) is 2.64. The van der Waals surface area contributed by atoms with Gasteiger partial charge in [0.1, 0.15) is 5.75 Å². The van der Waals surface area contributed by atoms with E-state index in [2.05, 4.69) is 35.6 Å². The number of nitrogens with one attached hydrogen (secondary N) is 1. The van der Waals surface area contributed by atoms with E-state index in [1.807, 2.05) is 24.3 Å². The largest absolute Gasteiger partial charge is 0.508 e. The number of hydrogen-bond donors (Lipinski definition) is 3. The predicted octanol–water partition coefficient (Wildman–Crippen LogP) is 3.97. The second-order valence-corrected chi connectivity index (χ2v) is 5.36. The second-order valence-electron chi connectivity index (χ2n) is 5.36. The Hall–Kier alpha value is -2.52. The molecule has 3 rings (SSSR count). The van der Waals surface area contributed by atoms with E-state index >= 15 is 0 Å². The Kier molecular flexibility index (Phi) is 4.26. The SMILES string of the molecule is NCCCNc1cccc(-c2cccc3ccc(O)cc23)c1. The third kappa shape index (κ3) is 3.05. The van der Waals surface area contributed by atoms with Crippen LogP contribution in [0.3, 0.4) is 0 Å².